The second-order valence-electron chi connectivity index (χ2n) is 4.15. The van der Waals surface area contributed by atoms with Gasteiger partial charge in [0.1, 0.15) is 5.01 Å². The van der Waals surface area contributed by atoms with Crippen molar-refractivity contribution in [1.82, 2.24) is 15.6 Å². The quantitative estimate of drug-likeness (QED) is 0.823. The van der Waals surface area contributed by atoms with Crippen LogP contribution in [-0.4, -0.2) is 29.9 Å². The van der Waals surface area contributed by atoms with Gasteiger partial charge in [0.25, 0.3) is 5.91 Å². The highest BCUT2D eigenvalue weighted by atomic mass is 32.1. The van der Waals surface area contributed by atoms with Crippen LogP contribution >= 0.6 is 11.3 Å². The van der Waals surface area contributed by atoms with Gasteiger partial charge in [-0.25, -0.2) is 4.98 Å². The standard InChI is InChI=1S/C14H15N3O2S/c1-10(18)15-6-7-16-13(19)11-2-4-12(5-3-11)14-17-8-9-20-14/h2-5,8-9H,6-7H2,1H3,(H,15,18)(H,16,19). The molecule has 2 N–H and O–H groups in total. The molecule has 0 aliphatic heterocycles. The second kappa shape index (κ2) is 6.81. The third kappa shape index (κ3) is 3.89. The lowest BCUT2D eigenvalue weighted by atomic mass is 10.1. The Bertz CT molecular complexity index is 579. The van der Waals surface area contributed by atoms with Crippen molar-refractivity contribution < 1.29 is 9.59 Å². The van der Waals surface area contributed by atoms with E-state index in [1.54, 1.807) is 29.7 Å². The summed E-state index contributed by atoms with van der Waals surface area (Å²) in [6.45, 7) is 2.28. The number of thiazole rings is 1. The Morgan fingerprint density at radius 1 is 1.15 bits per heavy atom. The third-order valence-electron chi connectivity index (χ3n) is 2.61. The highest BCUT2D eigenvalue weighted by molar-refractivity contribution is 7.13. The highest BCUT2D eigenvalue weighted by Crippen LogP contribution is 2.21. The zero-order chi connectivity index (χ0) is 14.4. The van der Waals surface area contributed by atoms with Crippen LogP contribution in [0.4, 0.5) is 0 Å². The van der Waals surface area contributed by atoms with Crippen LogP contribution in [-0.2, 0) is 4.79 Å². The number of hydrogen-bond acceptors (Lipinski definition) is 4. The number of carbonyl (C=O) groups excluding carboxylic acids is 2. The highest BCUT2D eigenvalue weighted by Gasteiger charge is 2.06. The van der Waals surface area contributed by atoms with Crippen molar-refractivity contribution in [3.63, 3.8) is 0 Å². The second-order valence-corrected chi connectivity index (χ2v) is 5.05. The van der Waals surface area contributed by atoms with Gasteiger partial charge in [0.2, 0.25) is 5.91 Å². The molecule has 1 aromatic carbocycles. The smallest absolute Gasteiger partial charge is 0.251 e. The molecule has 0 aliphatic carbocycles. The summed E-state index contributed by atoms with van der Waals surface area (Å²) in [6, 6.07) is 7.29. The Hall–Kier alpha value is -2.21. The van der Waals surface area contributed by atoms with Gasteiger partial charge in [0.15, 0.2) is 0 Å². The van der Waals surface area contributed by atoms with Crippen molar-refractivity contribution in [2.75, 3.05) is 13.1 Å². The van der Waals surface area contributed by atoms with Gasteiger partial charge >= 0.3 is 0 Å². The summed E-state index contributed by atoms with van der Waals surface area (Å²) < 4.78 is 0. The number of amides is 2. The van der Waals surface area contributed by atoms with Crippen LogP contribution in [0.1, 0.15) is 17.3 Å². The number of nitrogens with zero attached hydrogens (tertiary/aromatic N) is 1. The number of hydrogen-bond donors (Lipinski definition) is 2. The van der Waals surface area contributed by atoms with Gasteiger partial charge in [0.05, 0.1) is 0 Å². The molecular weight excluding hydrogens is 274 g/mol. The molecule has 0 spiro atoms. The minimum Gasteiger partial charge on any atom is -0.355 e. The van der Waals surface area contributed by atoms with Gasteiger partial charge < -0.3 is 10.6 Å². The van der Waals surface area contributed by atoms with Gasteiger partial charge in [0, 0.05) is 42.7 Å². The molecular formula is C14H15N3O2S. The molecule has 1 aromatic heterocycles. The largest absolute Gasteiger partial charge is 0.355 e. The van der Waals surface area contributed by atoms with Crippen LogP contribution in [0.15, 0.2) is 35.8 Å². The zero-order valence-corrected chi connectivity index (χ0v) is 11.9. The summed E-state index contributed by atoms with van der Waals surface area (Å²) in [5.41, 5.74) is 1.59. The maximum absolute atomic E-state index is 11.9. The molecule has 2 amide bonds. The molecule has 0 saturated heterocycles. The lowest BCUT2D eigenvalue weighted by Gasteiger charge is -2.06. The van der Waals surface area contributed by atoms with E-state index >= 15 is 0 Å². The van der Waals surface area contributed by atoms with E-state index in [4.69, 9.17) is 0 Å². The van der Waals surface area contributed by atoms with E-state index < -0.39 is 0 Å². The molecule has 20 heavy (non-hydrogen) atoms. The van der Waals surface area contributed by atoms with Crippen LogP contribution < -0.4 is 10.6 Å². The predicted molar refractivity (Wildman–Crippen MR) is 78.6 cm³/mol. The molecule has 104 valence electrons. The van der Waals surface area contributed by atoms with E-state index in [9.17, 15) is 9.59 Å². The van der Waals surface area contributed by atoms with Crippen LogP contribution in [0.2, 0.25) is 0 Å². The maximum Gasteiger partial charge on any atom is 0.251 e. The van der Waals surface area contributed by atoms with E-state index in [2.05, 4.69) is 15.6 Å². The molecule has 0 saturated carbocycles. The molecule has 0 aliphatic rings. The first kappa shape index (κ1) is 14.2. The fourth-order valence-corrected chi connectivity index (χ4v) is 2.29. The predicted octanol–water partition coefficient (Wildman–Crippen LogP) is 1.68. The van der Waals surface area contributed by atoms with E-state index in [1.165, 1.54) is 6.92 Å². The molecule has 2 rings (SSSR count). The van der Waals surface area contributed by atoms with Crippen molar-refractivity contribution in [2.45, 2.75) is 6.92 Å². The van der Waals surface area contributed by atoms with Crippen molar-refractivity contribution in [3.05, 3.63) is 41.4 Å². The molecule has 0 unspecified atom stereocenters. The molecule has 0 radical (unpaired) electrons. The summed E-state index contributed by atoms with van der Waals surface area (Å²) in [6.07, 6.45) is 1.75. The van der Waals surface area contributed by atoms with E-state index in [0.29, 0.717) is 18.7 Å². The van der Waals surface area contributed by atoms with Crippen molar-refractivity contribution in [2.24, 2.45) is 0 Å². The molecule has 5 nitrogen and oxygen atoms in total. The van der Waals surface area contributed by atoms with E-state index in [-0.39, 0.29) is 11.8 Å². The van der Waals surface area contributed by atoms with E-state index in [1.807, 2.05) is 17.5 Å². The monoisotopic (exact) mass is 289 g/mol. The summed E-state index contributed by atoms with van der Waals surface area (Å²) in [5, 5.41) is 8.21. The normalized spacial score (nSPS) is 10.1. The summed E-state index contributed by atoms with van der Waals surface area (Å²) in [5.74, 6) is -0.256. The number of benzene rings is 1. The van der Waals surface area contributed by atoms with Crippen LogP contribution in [0.25, 0.3) is 10.6 Å². The Kier molecular flexibility index (Phi) is 4.84. The Morgan fingerprint density at radius 2 is 1.85 bits per heavy atom. The van der Waals surface area contributed by atoms with Crippen molar-refractivity contribution >= 4 is 23.2 Å². The first-order valence-electron chi connectivity index (χ1n) is 6.19. The van der Waals surface area contributed by atoms with Crippen molar-refractivity contribution in [3.8, 4) is 10.6 Å². The summed E-state index contributed by atoms with van der Waals surface area (Å²) in [4.78, 5) is 26.7. The first-order valence-corrected chi connectivity index (χ1v) is 7.07. The Labute approximate surface area is 121 Å². The average molecular weight is 289 g/mol. The molecule has 2 aromatic rings. The lowest BCUT2D eigenvalue weighted by Crippen LogP contribution is -2.33. The van der Waals surface area contributed by atoms with Gasteiger partial charge in [-0.1, -0.05) is 12.1 Å². The van der Waals surface area contributed by atoms with E-state index in [0.717, 1.165) is 10.6 Å². The van der Waals surface area contributed by atoms with Gasteiger partial charge in [-0.15, -0.1) is 11.3 Å². The van der Waals surface area contributed by atoms with Gasteiger partial charge in [-0.2, -0.15) is 0 Å². The molecule has 0 fully saturated rings. The molecule has 1 heterocycles. The molecule has 6 heteroatoms. The van der Waals surface area contributed by atoms with Crippen LogP contribution in [0.3, 0.4) is 0 Å². The third-order valence-corrected chi connectivity index (χ3v) is 3.43. The minimum absolute atomic E-state index is 0.105. The molecule has 0 atom stereocenters. The summed E-state index contributed by atoms with van der Waals surface area (Å²) >= 11 is 1.56. The summed E-state index contributed by atoms with van der Waals surface area (Å²) in [7, 11) is 0. The number of carbonyl (C=O) groups is 2. The number of nitrogens with one attached hydrogen (secondary N) is 2. The Morgan fingerprint density at radius 3 is 2.45 bits per heavy atom. The Balaban J connectivity index is 1.89. The minimum atomic E-state index is -0.152. The fraction of sp³-hybridized carbons (Fsp3) is 0.214. The topological polar surface area (TPSA) is 71.1 Å². The van der Waals surface area contributed by atoms with Gasteiger partial charge in [-0.05, 0) is 12.1 Å². The molecule has 0 bridgehead atoms. The SMILES string of the molecule is CC(=O)NCCNC(=O)c1ccc(-c2nccs2)cc1. The number of rotatable bonds is 5. The fourth-order valence-electron chi connectivity index (χ4n) is 1.65. The van der Waals surface area contributed by atoms with Gasteiger partial charge in [-0.3, -0.25) is 9.59 Å². The zero-order valence-electron chi connectivity index (χ0n) is 11.1. The lowest BCUT2D eigenvalue weighted by molar-refractivity contribution is -0.118. The van der Waals surface area contributed by atoms with Crippen molar-refractivity contribution in [1.29, 1.82) is 0 Å². The first-order chi connectivity index (χ1) is 9.66. The van der Waals surface area contributed by atoms with Crippen LogP contribution in [0, 0.1) is 0 Å². The van der Waals surface area contributed by atoms with Crippen LogP contribution in [0.5, 0.6) is 0 Å². The average Bonchev–Trinajstić information content (AvgIpc) is 2.97. The maximum atomic E-state index is 11.9. The number of aromatic nitrogens is 1.